The highest BCUT2D eigenvalue weighted by Crippen LogP contribution is 2.37. The van der Waals surface area contributed by atoms with Gasteiger partial charge in [-0.25, -0.2) is 0 Å². The van der Waals surface area contributed by atoms with Gasteiger partial charge in [-0.15, -0.1) is 10.2 Å². The van der Waals surface area contributed by atoms with Gasteiger partial charge in [0, 0.05) is 16.8 Å². The van der Waals surface area contributed by atoms with Crippen LogP contribution < -0.4 is 5.32 Å². The molecule has 1 unspecified atom stereocenters. The number of furan rings is 1. The average molecular weight is 445 g/mol. The third-order valence-corrected chi connectivity index (χ3v) is 6.99. The Morgan fingerprint density at radius 1 is 1.23 bits per heavy atom. The minimum atomic E-state index is -0.348. The number of aromatic nitrogens is 3. The lowest BCUT2D eigenvalue weighted by Gasteiger charge is -2.25. The average Bonchev–Trinajstić information content (AvgIpc) is 3.42. The van der Waals surface area contributed by atoms with Crippen LogP contribution in [0.5, 0.6) is 0 Å². The number of amides is 1. The lowest BCUT2D eigenvalue weighted by atomic mass is 9.95. The van der Waals surface area contributed by atoms with Crippen LogP contribution in [0.4, 0.5) is 5.69 Å². The third kappa shape index (κ3) is 4.42. The molecule has 1 amide bonds. The number of hydrogen-bond donors (Lipinski definition) is 1. The lowest BCUT2D eigenvalue weighted by molar-refractivity contribution is -0.115. The maximum atomic E-state index is 12.9. The molecule has 1 aliphatic rings. The number of benzene rings is 1. The van der Waals surface area contributed by atoms with E-state index < -0.39 is 0 Å². The first kappa shape index (κ1) is 21.0. The number of carbonyl (C=O) groups is 1. The second-order valence-electron chi connectivity index (χ2n) is 7.61. The maximum Gasteiger partial charge on any atom is 0.237 e. The minimum Gasteiger partial charge on any atom is -0.461 e. The van der Waals surface area contributed by atoms with E-state index in [-0.39, 0.29) is 11.2 Å². The first-order chi connectivity index (χ1) is 14.5. The summed E-state index contributed by atoms with van der Waals surface area (Å²) in [7, 11) is 0. The van der Waals surface area contributed by atoms with E-state index in [1.807, 2.05) is 44.2 Å². The molecule has 0 radical (unpaired) electrons. The predicted octanol–water partition coefficient (Wildman–Crippen LogP) is 6.12. The number of halogens is 1. The summed E-state index contributed by atoms with van der Waals surface area (Å²) >= 11 is 7.60. The molecule has 0 saturated heterocycles. The van der Waals surface area contributed by atoms with Crippen molar-refractivity contribution in [3.8, 4) is 11.6 Å². The van der Waals surface area contributed by atoms with Crippen LogP contribution in [0.2, 0.25) is 5.02 Å². The van der Waals surface area contributed by atoms with E-state index in [4.69, 9.17) is 16.0 Å². The molecule has 1 saturated carbocycles. The Kier molecular flexibility index (Phi) is 6.49. The van der Waals surface area contributed by atoms with E-state index in [0.29, 0.717) is 16.8 Å². The van der Waals surface area contributed by atoms with Crippen molar-refractivity contribution in [2.45, 2.75) is 62.4 Å². The van der Waals surface area contributed by atoms with Crippen molar-refractivity contribution < 1.29 is 9.21 Å². The van der Waals surface area contributed by atoms with Crippen LogP contribution >= 0.6 is 23.4 Å². The Bertz CT molecular complexity index is 1010. The standard InChI is InChI=1S/C22H25ClN4O2S/c1-14-17(23)10-6-11-18(14)24-21(28)15(2)30-22-26-25-20(19-12-7-13-29-19)27(22)16-8-4-3-5-9-16/h6-7,10-13,15-16H,3-5,8-9H2,1-2H3,(H,24,28). The minimum absolute atomic E-state index is 0.0943. The van der Waals surface area contributed by atoms with Gasteiger partial charge < -0.3 is 9.73 Å². The molecule has 2 heterocycles. The normalized spacial score (nSPS) is 15.8. The molecule has 2 aromatic heterocycles. The van der Waals surface area contributed by atoms with Crippen LogP contribution in [0, 0.1) is 6.92 Å². The van der Waals surface area contributed by atoms with Crippen LogP contribution in [0.15, 0.2) is 46.2 Å². The van der Waals surface area contributed by atoms with Crippen molar-refractivity contribution in [2.75, 3.05) is 5.32 Å². The highest BCUT2D eigenvalue weighted by molar-refractivity contribution is 8.00. The first-order valence-corrected chi connectivity index (χ1v) is 11.5. The van der Waals surface area contributed by atoms with E-state index in [1.54, 1.807) is 6.26 Å². The molecule has 158 valence electrons. The molecule has 6 nitrogen and oxygen atoms in total. The van der Waals surface area contributed by atoms with Gasteiger partial charge in [0.2, 0.25) is 11.7 Å². The van der Waals surface area contributed by atoms with Crippen molar-refractivity contribution in [1.82, 2.24) is 14.8 Å². The second kappa shape index (κ2) is 9.27. The largest absolute Gasteiger partial charge is 0.461 e. The Balaban J connectivity index is 1.56. The number of nitrogens with one attached hydrogen (secondary N) is 1. The van der Waals surface area contributed by atoms with Gasteiger partial charge in [-0.05, 0) is 56.5 Å². The molecule has 8 heteroatoms. The second-order valence-corrected chi connectivity index (χ2v) is 9.32. The van der Waals surface area contributed by atoms with Gasteiger partial charge in [0.15, 0.2) is 10.9 Å². The molecule has 1 fully saturated rings. The van der Waals surface area contributed by atoms with Crippen molar-refractivity contribution in [3.63, 3.8) is 0 Å². The Morgan fingerprint density at radius 3 is 2.77 bits per heavy atom. The van der Waals surface area contributed by atoms with Gasteiger partial charge in [0.05, 0.1) is 11.5 Å². The Morgan fingerprint density at radius 2 is 2.03 bits per heavy atom. The summed E-state index contributed by atoms with van der Waals surface area (Å²) in [6, 6.07) is 9.57. The molecule has 0 spiro atoms. The molecule has 1 atom stereocenters. The van der Waals surface area contributed by atoms with Crippen LogP contribution in [0.25, 0.3) is 11.6 Å². The zero-order chi connectivity index (χ0) is 21.1. The molecule has 1 aliphatic carbocycles. The van der Waals surface area contributed by atoms with Crippen molar-refractivity contribution in [2.24, 2.45) is 0 Å². The van der Waals surface area contributed by atoms with Crippen LogP contribution in [-0.2, 0) is 4.79 Å². The van der Waals surface area contributed by atoms with Crippen molar-refractivity contribution in [3.05, 3.63) is 47.2 Å². The molecule has 3 aromatic rings. The summed E-state index contributed by atoms with van der Waals surface area (Å²) in [6.45, 7) is 3.78. The van der Waals surface area contributed by atoms with Crippen molar-refractivity contribution in [1.29, 1.82) is 0 Å². The number of carbonyl (C=O) groups excluding carboxylic acids is 1. The third-order valence-electron chi connectivity index (χ3n) is 5.52. The molecular formula is C22H25ClN4O2S. The highest BCUT2D eigenvalue weighted by Gasteiger charge is 2.27. The Labute approximate surface area is 185 Å². The fourth-order valence-electron chi connectivity index (χ4n) is 3.79. The number of thioether (sulfide) groups is 1. The first-order valence-electron chi connectivity index (χ1n) is 10.3. The smallest absolute Gasteiger partial charge is 0.237 e. The molecule has 0 aliphatic heterocycles. The van der Waals surface area contributed by atoms with E-state index in [1.165, 1.54) is 31.0 Å². The van der Waals surface area contributed by atoms with E-state index in [9.17, 15) is 4.79 Å². The fourth-order valence-corrected chi connectivity index (χ4v) is 4.88. The maximum absolute atomic E-state index is 12.9. The monoisotopic (exact) mass is 444 g/mol. The topological polar surface area (TPSA) is 73.0 Å². The van der Waals surface area contributed by atoms with E-state index in [0.717, 1.165) is 35.1 Å². The molecular weight excluding hydrogens is 420 g/mol. The van der Waals surface area contributed by atoms with Crippen LogP contribution in [-0.4, -0.2) is 25.9 Å². The van der Waals surface area contributed by atoms with Crippen molar-refractivity contribution >= 4 is 35.0 Å². The molecule has 30 heavy (non-hydrogen) atoms. The summed E-state index contributed by atoms with van der Waals surface area (Å²) in [5.74, 6) is 1.34. The lowest BCUT2D eigenvalue weighted by Crippen LogP contribution is -2.24. The van der Waals surface area contributed by atoms with Crippen LogP contribution in [0.1, 0.15) is 50.6 Å². The molecule has 1 N–H and O–H groups in total. The summed E-state index contributed by atoms with van der Waals surface area (Å²) in [6.07, 6.45) is 7.45. The van der Waals surface area contributed by atoms with Gasteiger partial charge in [-0.3, -0.25) is 9.36 Å². The zero-order valence-corrected chi connectivity index (χ0v) is 18.7. The Hall–Kier alpha value is -2.25. The highest BCUT2D eigenvalue weighted by atomic mass is 35.5. The summed E-state index contributed by atoms with van der Waals surface area (Å²) in [5.41, 5.74) is 1.58. The van der Waals surface area contributed by atoms with Crippen LogP contribution in [0.3, 0.4) is 0 Å². The predicted molar refractivity (Wildman–Crippen MR) is 120 cm³/mol. The fraction of sp³-hybridized carbons (Fsp3) is 0.409. The molecule has 1 aromatic carbocycles. The molecule has 0 bridgehead atoms. The summed E-state index contributed by atoms with van der Waals surface area (Å²) < 4.78 is 7.76. The molecule has 4 rings (SSSR count). The van der Waals surface area contributed by atoms with Gasteiger partial charge in [0.1, 0.15) is 0 Å². The van der Waals surface area contributed by atoms with E-state index in [2.05, 4.69) is 20.1 Å². The van der Waals surface area contributed by atoms with Gasteiger partial charge >= 0.3 is 0 Å². The quantitative estimate of drug-likeness (QED) is 0.463. The summed E-state index contributed by atoms with van der Waals surface area (Å²) in [5, 5.41) is 12.8. The number of rotatable bonds is 6. The number of anilines is 1. The zero-order valence-electron chi connectivity index (χ0n) is 17.1. The van der Waals surface area contributed by atoms with Gasteiger partial charge in [-0.1, -0.05) is 48.7 Å². The van der Waals surface area contributed by atoms with E-state index >= 15 is 0 Å². The van der Waals surface area contributed by atoms with Gasteiger partial charge in [-0.2, -0.15) is 0 Å². The SMILES string of the molecule is Cc1c(Cl)cccc1NC(=O)C(C)Sc1nnc(-c2ccco2)n1C1CCCCC1. The number of nitrogens with zero attached hydrogens (tertiary/aromatic N) is 3. The number of hydrogen-bond acceptors (Lipinski definition) is 5. The van der Waals surface area contributed by atoms with Gasteiger partial charge in [0.25, 0.3) is 0 Å². The summed E-state index contributed by atoms with van der Waals surface area (Å²) in [4.78, 5) is 12.9.